The fraction of sp³-hybridized carbons (Fsp3) is 0.176. The Morgan fingerprint density at radius 3 is 2.60 bits per heavy atom. The van der Waals surface area contributed by atoms with Gasteiger partial charge in [0.25, 0.3) is 11.8 Å². The molecule has 0 fully saturated rings. The monoisotopic (exact) mass is 342 g/mol. The standard InChI is InChI=1S/C17H15FN4O3/c1-8-11-7-10(18)3-4-12(11)25-15(8)9(2)22-17(24)14-13(16(19)23)20-5-6-21-14/h3-7,9H,1-2H3,(H2,19,23)(H,22,24)/t9-/m0/s1. The molecule has 128 valence electrons. The number of amides is 2. The van der Waals surface area contributed by atoms with E-state index in [9.17, 15) is 14.0 Å². The van der Waals surface area contributed by atoms with E-state index in [-0.39, 0.29) is 17.2 Å². The van der Waals surface area contributed by atoms with Crippen LogP contribution in [0.4, 0.5) is 4.39 Å². The average molecular weight is 342 g/mol. The minimum absolute atomic E-state index is 0.165. The third-order valence-corrected chi connectivity index (χ3v) is 3.82. The number of rotatable bonds is 4. The maximum atomic E-state index is 13.4. The lowest BCUT2D eigenvalue weighted by molar-refractivity contribution is 0.0913. The highest BCUT2D eigenvalue weighted by atomic mass is 19.1. The van der Waals surface area contributed by atoms with E-state index in [1.807, 2.05) is 0 Å². The second kappa shape index (κ2) is 6.31. The number of nitrogens with two attached hydrogens (primary N) is 1. The van der Waals surface area contributed by atoms with Gasteiger partial charge < -0.3 is 15.5 Å². The van der Waals surface area contributed by atoms with Crippen LogP contribution in [-0.4, -0.2) is 21.8 Å². The third-order valence-electron chi connectivity index (χ3n) is 3.82. The zero-order valence-electron chi connectivity index (χ0n) is 13.5. The number of halogens is 1. The molecule has 0 unspecified atom stereocenters. The zero-order valence-corrected chi connectivity index (χ0v) is 13.5. The number of hydrogen-bond acceptors (Lipinski definition) is 5. The van der Waals surface area contributed by atoms with E-state index in [4.69, 9.17) is 10.2 Å². The van der Waals surface area contributed by atoms with Crippen LogP contribution >= 0.6 is 0 Å². The molecule has 0 saturated heterocycles. The molecular formula is C17H15FN4O3. The number of nitrogens with zero attached hydrogens (tertiary/aromatic N) is 2. The van der Waals surface area contributed by atoms with E-state index in [0.717, 1.165) is 5.56 Å². The molecule has 0 aliphatic rings. The maximum absolute atomic E-state index is 13.4. The van der Waals surface area contributed by atoms with Crippen LogP contribution in [0.25, 0.3) is 11.0 Å². The summed E-state index contributed by atoms with van der Waals surface area (Å²) in [5.74, 6) is -1.34. The number of furan rings is 1. The Hall–Kier alpha value is -3.29. The van der Waals surface area contributed by atoms with Crippen molar-refractivity contribution >= 4 is 22.8 Å². The molecule has 0 saturated carbocycles. The lowest BCUT2D eigenvalue weighted by Crippen LogP contribution is -2.30. The van der Waals surface area contributed by atoms with Crippen LogP contribution in [0.3, 0.4) is 0 Å². The molecule has 0 aliphatic heterocycles. The molecule has 2 heterocycles. The van der Waals surface area contributed by atoms with Crippen LogP contribution in [0, 0.1) is 12.7 Å². The van der Waals surface area contributed by atoms with Crippen molar-refractivity contribution in [1.29, 1.82) is 0 Å². The van der Waals surface area contributed by atoms with E-state index in [2.05, 4.69) is 15.3 Å². The predicted molar refractivity (Wildman–Crippen MR) is 87.3 cm³/mol. The van der Waals surface area contributed by atoms with Crippen molar-refractivity contribution in [2.75, 3.05) is 0 Å². The van der Waals surface area contributed by atoms with Crippen LogP contribution in [0.15, 0.2) is 35.0 Å². The number of aryl methyl sites for hydroxylation is 1. The Morgan fingerprint density at radius 1 is 1.24 bits per heavy atom. The van der Waals surface area contributed by atoms with Gasteiger partial charge in [0.05, 0.1) is 6.04 Å². The molecule has 2 aromatic heterocycles. The molecule has 3 rings (SSSR count). The van der Waals surface area contributed by atoms with E-state index in [1.165, 1.54) is 30.6 Å². The van der Waals surface area contributed by atoms with Crippen molar-refractivity contribution in [2.24, 2.45) is 5.73 Å². The van der Waals surface area contributed by atoms with Crippen LogP contribution < -0.4 is 11.1 Å². The van der Waals surface area contributed by atoms with Gasteiger partial charge in [-0.15, -0.1) is 0 Å². The fourth-order valence-electron chi connectivity index (χ4n) is 2.64. The Balaban J connectivity index is 1.90. The van der Waals surface area contributed by atoms with Gasteiger partial charge in [-0.1, -0.05) is 0 Å². The van der Waals surface area contributed by atoms with E-state index in [0.29, 0.717) is 16.7 Å². The van der Waals surface area contributed by atoms with Gasteiger partial charge in [-0.25, -0.2) is 14.4 Å². The first kappa shape index (κ1) is 16.6. The van der Waals surface area contributed by atoms with Crippen molar-refractivity contribution < 1.29 is 18.4 Å². The molecule has 0 bridgehead atoms. The lowest BCUT2D eigenvalue weighted by Gasteiger charge is -2.13. The highest BCUT2D eigenvalue weighted by Crippen LogP contribution is 2.30. The molecule has 0 spiro atoms. The van der Waals surface area contributed by atoms with E-state index in [1.54, 1.807) is 13.8 Å². The van der Waals surface area contributed by atoms with Crippen LogP contribution in [-0.2, 0) is 0 Å². The van der Waals surface area contributed by atoms with Crippen LogP contribution in [0.1, 0.15) is 45.3 Å². The van der Waals surface area contributed by atoms with Crippen molar-refractivity contribution in [2.45, 2.75) is 19.9 Å². The summed E-state index contributed by atoms with van der Waals surface area (Å²) in [6.45, 7) is 3.49. The van der Waals surface area contributed by atoms with Crippen molar-refractivity contribution in [3.8, 4) is 0 Å². The van der Waals surface area contributed by atoms with Crippen molar-refractivity contribution in [3.63, 3.8) is 0 Å². The first-order chi connectivity index (χ1) is 11.9. The molecule has 8 heteroatoms. The first-order valence-corrected chi connectivity index (χ1v) is 7.48. The van der Waals surface area contributed by atoms with Gasteiger partial charge in [0.2, 0.25) is 0 Å². The largest absolute Gasteiger partial charge is 0.459 e. The Kier molecular flexibility index (Phi) is 4.18. The zero-order chi connectivity index (χ0) is 18.1. The highest BCUT2D eigenvalue weighted by molar-refractivity contribution is 6.04. The van der Waals surface area contributed by atoms with Crippen LogP contribution in [0.2, 0.25) is 0 Å². The molecule has 25 heavy (non-hydrogen) atoms. The third kappa shape index (κ3) is 3.06. The molecule has 0 radical (unpaired) electrons. The second-order valence-corrected chi connectivity index (χ2v) is 5.54. The molecule has 7 nitrogen and oxygen atoms in total. The van der Waals surface area contributed by atoms with Gasteiger partial charge in [-0.2, -0.15) is 0 Å². The van der Waals surface area contributed by atoms with Crippen LogP contribution in [0.5, 0.6) is 0 Å². The van der Waals surface area contributed by atoms with E-state index >= 15 is 0 Å². The topological polar surface area (TPSA) is 111 Å². The molecule has 2 amide bonds. The number of aromatic nitrogens is 2. The SMILES string of the molecule is Cc1c([C@H](C)NC(=O)c2nccnc2C(N)=O)oc2ccc(F)cc12. The molecule has 1 atom stereocenters. The number of fused-ring (bicyclic) bond motifs is 1. The summed E-state index contributed by atoms with van der Waals surface area (Å²) in [5.41, 5.74) is 6.07. The lowest BCUT2D eigenvalue weighted by atomic mass is 10.1. The smallest absolute Gasteiger partial charge is 0.272 e. The summed E-state index contributed by atoms with van der Waals surface area (Å²) in [4.78, 5) is 31.4. The number of hydrogen-bond donors (Lipinski definition) is 2. The van der Waals surface area contributed by atoms with Gasteiger partial charge in [0.15, 0.2) is 11.4 Å². The molecule has 3 N–H and O–H groups in total. The number of carbonyl (C=O) groups is 2. The van der Waals surface area contributed by atoms with Gasteiger partial charge >= 0.3 is 0 Å². The van der Waals surface area contributed by atoms with Crippen molar-refractivity contribution in [1.82, 2.24) is 15.3 Å². The molecule has 3 aromatic rings. The quantitative estimate of drug-likeness (QED) is 0.755. The average Bonchev–Trinajstić information content (AvgIpc) is 2.91. The number of benzene rings is 1. The second-order valence-electron chi connectivity index (χ2n) is 5.54. The Labute approximate surface area is 142 Å². The Bertz CT molecular complexity index is 983. The fourth-order valence-corrected chi connectivity index (χ4v) is 2.64. The minimum atomic E-state index is -0.846. The predicted octanol–water partition coefficient (Wildman–Crippen LogP) is 2.26. The molecule has 0 aliphatic carbocycles. The summed E-state index contributed by atoms with van der Waals surface area (Å²) in [5, 5.41) is 3.32. The normalized spacial score (nSPS) is 12.1. The van der Waals surface area contributed by atoms with Crippen molar-refractivity contribution in [3.05, 3.63) is 59.1 Å². The summed E-state index contributed by atoms with van der Waals surface area (Å²) in [6, 6.07) is 3.67. The molecular weight excluding hydrogens is 327 g/mol. The van der Waals surface area contributed by atoms with Gasteiger partial charge in [0, 0.05) is 23.3 Å². The Morgan fingerprint density at radius 2 is 1.92 bits per heavy atom. The first-order valence-electron chi connectivity index (χ1n) is 7.48. The van der Waals surface area contributed by atoms with Gasteiger partial charge in [-0.05, 0) is 32.0 Å². The molecule has 1 aromatic carbocycles. The number of primary amides is 1. The van der Waals surface area contributed by atoms with Gasteiger partial charge in [0.1, 0.15) is 17.2 Å². The summed E-state index contributed by atoms with van der Waals surface area (Å²) in [6.07, 6.45) is 2.57. The maximum Gasteiger partial charge on any atom is 0.272 e. The number of nitrogens with one attached hydrogen (secondary N) is 1. The summed E-state index contributed by atoms with van der Waals surface area (Å²) in [7, 11) is 0. The minimum Gasteiger partial charge on any atom is -0.459 e. The summed E-state index contributed by atoms with van der Waals surface area (Å²) < 4.78 is 19.1. The van der Waals surface area contributed by atoms with E-state index < -0.39 is 17.9 Å². The highest BCUT2D eigenvalue weighted by Gasteiger charge is 2.23. The number of carbonyl (C=O) groups excluding carboxylic acids is 2. The van der Waals surface area contributed by atoms with Gasteiger partial charge in [-0.3, -0.25) is 9.59 Å². The summed E-state index contributed by atoms with van der Waals surface area (Å²) >= 11 is 0.